The predicted molar refractivity (Wildman–Crippen MR) is 108 cm³/mol. The van der Waals surface area contributed by atoms with Gasteiger partial charge in [-0.3, -0.25) is 4.79 Å². The van der Waals surface area contributed by atoms with Gasteiger partial charge in [0, 0.05) is 31.0 Å². The molecule has 0 aromatic heterocycles. The first-order valence-electron chi connectivity index (χ1n) is 8.54. The van der Waals surface area contributed by atoms with E-state index in [-0.39, 0.29) is 11.3 Å². The van der Waals surface area contributed by atoms with Crippen molar-refractivity contribution < 1.29 is 4.79 Å². The number of anilines is 2. The van der Waals surface area contributed by atoms with Crippen LogP contribution < -0.4 is 10.2 Å². The van der Waals surface area contributed by atoms with Gasteiger partial charge in [0.05, 0.1) is 0 Å². The van der Waals surface area contributed by atoms with Gasteiger partial charge in [-0.05, 0) is 53.8 Å². The minimum atomic E-state index is -0.0973. The van der Waals surface area contributed by atoms with E-state index >= 15 is 0 Å². The summed E-state index contributed by atoms with van der Waals surface area (Å²) in [4.78, 5) is 14.5. The highest BCUT2D eigenvalue weighted by Gasteiger charge is 2.10. The van der Waals surface area contributed by atoms with Gasteiger partial charge in [0.25, 0.3) is 5.91 Å². The van der Waals surface area contributed by atoms with E-state index < -0.39 is 0 Å². The van der Waals surface area contributed by atoms with E-state index in [9.17, 15) is 4.79 Å². The van der Waals surface area contributed by atoms with E-state index in [0.717, 1.165) is 16.9 Å². The molecule has 0 saturated heterocycles. The molecule has 1 amide bonds. The van der Waals surface area contributed by atoms with Crippen LogP contribution in [0.25, 0.3) is 5.57 Å². The van der Waals surface area contributed by atoms with Crippen LogP contribution in [0.2, 0.25) is 0 Å². The van der Waals surface area contributed by atoms with Gasteiger partial charge in [-0.1, -0.05) is 45.0 Å². The molecule has 0 aliphatic heterocycles. The Morgan fingerprint density at radius 1 is 1.00 bits per heavy atom. The highest BCUT2D eigenvalue weighted by atomic mass is 16.1. The Labute approximate surface area is 151 Å². The molecule has 0 aliphatic rings. The number of hydrogen-bond donors (Lipinski definition) is 1. The minimum absolute atomic E-state index is 0.0973. The SMILES string of the molecule is C/C(=C\C(C)(C)C)c1ccc(C(=O)Nc2cccc(N(C)C)c2)cc1. The van der Waals surface area contributed by atoms with Crippen LogP contribution in [0.4, 0.5) is 11.4 Å². The standard InChI is InChI=1S/C22H28N2O/c1-16(15-22(2,3)4)17-10-12-18(13-11-17)21(25)23-19-8-7-9-20(14-19)24(5)6/h7-15H,1-6H3,(H,23,25)/b16-15+. The van der Waals surface area contributed by atoms with E-state index in [1.165, 1.54) is 5.57 Å². The van der Waals surface area contributed by atoms with Gasteiger partial charge in [0.15, 0.2) is 0 Å². The van der Waals surface area contributed by atoms with Crippen LogP contribution in [-0.4, -0.2) is 20.0 Å². The normalized spacial score (nSPS) is 12.0. The smallest absolute Gasteiger partial charge is 0.255 e. The number of benzene rings is 2. The lowest BCUT2D eigenvalue weighted by atomic mass is 9.91. The van der Waals surface area contributed by atoms with Crippen molar-refractivity contribution >= 4 is 22.9 Å². The zero-order valence-electron chi connectivity index (χ0n) is 16.1. The second-order valence-corrected chi connectivity index (χ2v) is 7.67. The molecule has 3 heteroatoms. The molecule has 3 nitrogen and oxygen atoms in total. The molecule has 2 aromatic rings. The van der Waals surface area contributed by atoms with Gasteiger partial charge < -0.3 is 10.2 Å². The molecule has 132 valence electrons. The van der Waals surface area contributed by atoms with Crippen molar-refractivity contribution in [1.29, 1.82) is 0 Å². The van der Waals surface area contributed by atoms with Crippen molar-refractivity contribution in [2.75, 3.05) is 24.3 Å². The molecule has 0 radical (unpaired) electrons. The Kier molecular flexibility index (Phi) is 5.68. The number of carbonyl (C=O) groups excluding carboxylic acids is 1. The summed E-state index contributed by atoms with van der Waals surface area (Å²) in [6.45, 7) is 8.65. The predicted octanol–water partition coefficient (Wildman–Crippen LogP) is 5.45. The molecule has 0 heterocycles. The maximum atomic E-state index is 12.5. The quantitative estimate of drug-likeness (QED) is 0.804. The van der Waals surface area contributed by atoms with Crippen LogP contribution in [0, 0.1) is 5.41 Å². The zero-order chi connectivity index (χ0) is 18.6. The van der Waals surface area contributed by atoms with Gasteiger partial charge >= 0.3 is 0 Å². The lowest BCUT2D eigenvalue weighted by Crippen LogP contribution is -2.13. The van der Waals surface area contributed by atoms with Crippen molar-refractivity contribution in [2.24, 2.45) is 5.41 Å². The Hall–Kier alpha value is -2.55. The van der Waals surface area contributed by atoms with Crippen LogP contribution in [0.15, 0.2) is 54.6 Å². The second kappa shape index (κ2) is 7.56. The van der Waals surface area contributed by atoms with Crippen molar-refractivity contribution in [1.82, 2.24) is 0 Å². The van der Waals surface area contributed by atoms with Crippen LogP contribution >= 0.6 is 0 Å². The number of nitrogens with one attached hydrogen (secondary N) is 1. The second-order valence-electron chi connectivity index (χ2n) is 7.67. The fourth-order valence-electron chi connectivity index (χ4n) is 2.68. The van der Waals surface area contributed by atoms with Gasteiger partial charge in [-0.25, -0.2) is 0 Å². The summed E-state index contributed by atoms with van der Waals surface area (Å²) < 4.78 is 0. The van der Waals surface area contributed by atoms with E-state index in [1.807, 2.05) is 67.5 Å². The number of hydrogen-bond acceptors (Lipinski definition) is 2. The monoisotopic (exact) mass is 336 g/mol. The van der Waals surface area contributed by atoms with Crippen LogP contribution in [-0.2, 0) is 0 Å². The molecule has 2 rings (SSSR count). The van der Waals surface area contributed by atoms with E-state index in [1.54, 1.807) is 0 Å². The highest BCUT2D eigenvalue weighted by Crippen LogP contribution is 2.24. The summed E-state index contributed by atoms with van der Waals surface area (Å²) in [5.74, 6) is -0.0973. The van der Waals surface area contributed by atoms with Crippen LogP contribution in [0.3, 0.4) is 0 Å². The lowest BCUT2D eigenvalue weighted by Gasteiger charge is -2.15. The Morgan fingerprint density at radius 3 is 2.16 bits per heavy atom. The number of rotatable bonds is 4. The fourth-order valence-corrected chi connectivity index (χ4v) is 2.68. The Morgan fingerprint density at radius 2 is 1.60 bits per heavy atom. The molecular weight excluding hydrogens is 308 g/mol. The van der Waals surface area contributed by atoms with Gasteiger partial charge in [-0.15, -0.1) is 0 Å². The number of amides is 1. The molecule has 2 aromatic carbocycles. The van der Waals surface area contributed by atoms with Crippen molar-refractivity contribution in [3.63, 3.8) is 0 Å². The Balaban J connectivity index is 2.13. The van der Waals surface area contributed by atoms with E-state index in [2.05, 4.69) is 39.1 Å². The first kappa shape index (κ1) is 18.8. The summed E-state index contributed by atoms with van der Waals surface area (Å²) >= 11 is 0. The van der Waals surface area contributed by atoms with Gasteiger partial charge in [-0.2, -0.15) is 0 Å². The largest absolute Gasteiger partial charge is 0.378 e. The zero-order valence-corrected chi connectivity index (χ0v) is 16.1. The van der Waals surface area contributed by atoms with Crippen LogP contribution in [0.1, 0.15) is 43.6 Å². The molecule has 0 bridgehead atoms. The van der Waals surface area contributed by atoms with Crippen molar-refractivity contribution in [2.45, 2.75) is 27.7 Å². The first-order chi connectivity index (χ1) is 11.7. The molecule has 1 N–H and O–H groups in total. The third kappa shape index (κ3) is 5.49. The summed E-state index contributed by atoms with van der Waals surface area (Å²) in [6.07, 6.45) is 2.24. The molecule has 25 heavy (non-hydrogen) atoms. The number of allylic oxidation sites excluding steroid dienone is 2. The fraction of sp³-hybridized carbons (Fsp3) is 0.318. The maximum absolute atomic E-state index is 12.5. The Bertz CT molecular complexity index is 765. The average molecular weight is 336 g/mol. The summed E-state index contributed by atoms with van der Waals surface area (Å²) in [6, 6.07) is 15.6. The molecule has 0 aliphatic carbocycles. The first-order valence-corrected chi connectivity index (χ1v) is 8.54. The molecule has 0 fully saturated rings. The number of nitrogens with zero attached hydrogens (tertiary/aromatic N) is 1. The highest BCUT2D eigenvalue weighted by molar-refractivity contribution is 6.04. The van der Waals surface area contributed by atoms with Gasteiger partial charge in [0.1, 0.15) is 0 Å². The summed E-state index contributed by atoms with van der Waals surface area (Å²) in [5, 5.41) is 2.96. The van der Waals surface area contributed by atoms with Crippen molar-refractivity contribution in [3.8, 4) is 0 Å². The summed E-state index contributed by atoms with van der Waals surface area (Å²) in [7, 11) is 3.96. The molecule has 0 spiro atoms. The molecule has 0 saturated carbocycles. The maximum Gasteiger partial charge on any atom is 0.255 e. The molecular formula is C22H28N2O. The molecule has 0 atom stereocenters. The number of carbonyl (C=O) groups is 1. The molecule has 0 unspecified atom stereocenters. The third-order valence-corrected chi connectivity index (χ3v) is 3.87. The van der Waals surface area contributed by atoms with Gasteiger partial charge in [0.2, 0.25) is 0 Å². The topological polar surface area (TPSA) is 32.3 Å². The lowest BCUT2D eigenvalue weighted by molar-refractivity contribution is 0.102. The average Bonchev–Trinajstić information content (AvgIpc) is 2.53. The minimum Gasteiger partial charge on any atom is -0.378 e. The third-order valence-electron chi connectivity index (χ3n) is 3.87. The van der Waals surface area contributed by atoms with Crippen molar-refractivity contribution in [3.05, 3.63) is 65.7 Å². The van der Waals surface area contributed by atoms with E-state index in [4.69, 9.17) is 0 Å². The summed E-state index contributed by atoms with van der Waals surface area (Å²) in [5.41, 5.74) is 5.00. The van der Waals surface area contributed by atoms with E-state index in [0.29, 0.717) is 5.56 Å². The van der Waals surface area contributed by atoms with Crippen LogP contribution in [0.5, 0.6) is 0 Å².